The molecule has 0 spiro atoms. The Morgan fingerprint density at radius 1 is 0.931 bits per heavy atom. The average molecular weight is 394 g/mol. The fraction of sp³-hybridized carbons (Fsp3) is 0.391. The first-order chi connectivity index (χ1) is 14.1. The third-order valence-electron chi connectivity index (χ3n) is 5.58. The number of carbonyl (C=O) groups excluding carboxylic acids is 2. The van der Waals surface area contributed by atoms with Gasteiger partial charge in [-0.3, -0.25) is 9.59 Å². The molecule has 0 radical (unpaired) electrons. The molecule has 0 atom stereocenters. The maximum atomic E-state index is 13.1. The number of ether oxygens (including phenoxy) is 2. The predicted molar refractivity (Wildman–Crippen MR) is 110 cm³/mol. The van der Waals surface area contributed by atoms with Crippen LogP contribution in [0.1, 0.15) is 44.7 Å². The standard InChI is InChI=1S/C23H26N2O4/c1-28-20-13-15-8-10-25(11-9-16(15)14-21(20)29-2)23(27)18-5-3-4-17(12-18)22(26)24-19-6-7-19/h3-5,12-14,19H,6-11H2,1-2H3,(H,24,26). The molecule has 2 aromatic rings. The van der Waals surface area contributed by atoms with Crippen LogP contribution in [0.15, 0.2) is 36.4 Å². The molecule has 1 fully saturated rings. The number of fused-ring (bicyclic) bond motifs is 1. The Bertz CT molecular complexity index is 901. The van der Waals surface area contributed by atoms with Crippen LogP contribution in [0.2, 0.25) is 0 Å². The molecule has 6 heteroatoms. The fourth-order valence-corrected chi connectivity index (χ4v) is 3.73. The van der Waals surface area contributed by atoms with Crippen LogP contribution in [-0.4, -0.2) is 50.1 Å². The van der Waals surface area contributed by atoms with E-state index in [0.29, 0.717) is 41.8 Å². The number of carbonyl (C=O) groups is 2. The monoisotopic (exact) mass is 394 g/mol. The fourth-order valence-electron chi connectivity index (χ4n) is 3.73. The van der Waals surface area contributed by atoms with Crippen LogP contribution in [0.5, 0.6) is 11.5 Å². The van der Waals surface area contributed by atoms with Gasteiger partial charge in [-0.05, 0) is 67.1 Å². The van der Waals surface area contributed by atoms with Gasteiger partial charge in [-0.25, -0.2) is 0 Å². The van der Waals surface area contributed by atoms with E-state index in [1.54, 1.807) is 38.5 Å². The van der Waals surface area contributed by atoms with Crippen LogP contribution in [0.3, 0.4) is 0 Å². The van der Waals surface area contributed by atoms with Gasteiger partial charge < -0.3 is 19.7 Å². The van der Waals surface area contributed by atoms with E-state index in [1.165, 1.54) is 11.1 Å². The minimum absolute atomic E-state index is 0.0437. The van der Waals surface area contributed by atoms with E-state index < -0.39 is 0 Å². The lowest BCUT2D eigenvalue weighted by Crippen LogP contribution is -2.33. The first kappa shape index (κ1) is 19.3. The number of methoxy groups -OCH3 is 2. The molecule has 29 heavy (non-hydrogen) atoms. The number of hydrogen-bond acceptors (Lipinski definition) is 4. The van der Waals surface area contributed by atoms with Gasteiger partial charge in [0, 0.05) is 30.3 Å². The third-order valence-corrected chi connectivity index (χ3v) is 5.58. The molecule has 6 nitrogen and oxygen atoms in total. The third kappa shape index (κ3) is 4.21. The molecule has 0 saturated heterocycles. The highest BCUT2D eigenvalue weighted by molar-refractivity contribution is 5.99. The van der Waals surface area contributed by atoms with Crippen molar-refractivity contribution in [3.05, 3.63) is 58.7 Å². The highest BCUT2D eigenvalue weighted by Gasteiger charge is 2.25. The van der Waals surface area contributed by atoms with Gasteiger partial charge in [0.2, 0.25) is 0 Å². The van der Waals surface area contributed by atoms with E-state index in [0.717, 1.165) is 25.7 Å². The maximum Gasteiger partial charge on any atom is 0.253 e. The maximum absolute atomic E-state index is 13.1. The van der Waals surface area contributed by atoms with Gasteiger partial charge in [-0.15, -0.1) is 0 Å². The van der Waals surface area contributed by atoms with E-state index >= 15 is 0 Å². The van der Waals surface area contributed by atoms with Gasteiger partial charge in [0.15, 0.2) is 11.5 Å². The summed E-state index contributed by atoms with van der Waals surface area (Å²) in [5.41, 5.74) is 3.44. The Hall–Kier alpha value is -3.02. The summed E-state index contributed by atoms with van der Waals surface area (Å²) in [5, 5.41) is 2.97. The van der Waals surface area contributed by atoms with Crippen molar-refractivity contribution in [2.45, 2.75) is 31.7 Å². The van der Waals surface area contributed by atoms with Gasteiger partial charge >= 0.3 is 0 Å². The number of nitrogens with one attached hydrogen (secondary N) is 1. The smallest absolute Gasteiger partial charge is 0.253 e. The van der Waals surface area contributed by atoms with Crippen LogP contribution in [0, 0.1) is 0 Å². The van der Waals surface area contributed by atoms with Crippen LogP contribution in [0.25, 0.3) is 0 Å². The van der Waals surface area contributed by atoms with Crippen molar-refractivity contribution in [1.29, 1.82) is 0 Å². The number of benzene rings is 2. The first-order valence-electron chi connectivity index (χ1n) is 10.0. The minimum atomic E-state index is -0.107. The zero-order valence-corrected chi connectivity index (χ0v) is 16.9. The van der Waals surface area contributed by atoms with Crippen LogP contribution in [0.4, 0.5) is 0 Å². The summed E-state index contributed by atoms with van der Waals surface area (Å²) in [6.07, 6.45) is 3.58. The summed E-state index contributed by atoms with van der Waals surface area (Å²) in [4.78, 5) is 27.3. The second kappa shape index (κ2) is 8.15. The van der Waals surface area contributed by atoms with Crippen molar-refractivity contribution in [2.75, 3.05) is 27.3 Å². The molecule has 1 N–H and O–H groups in total. The van der Waals surface area contributed by atoms with Crippen molar-refractivity contribution in [3.8, 4) is 11.5 Å². The highest BCUT2D eigenvalue weighted by atomic mass is 16.5. The predicted octanol–water partition coefficient (Wildman–Crippen LogP) is 2.84. The Morgan fingerprint density at radius 3 is 2.07 bits per heavy atom. The van der Waals surface area contributed by atoms with Crippen LogP contribution < -0.4 is 14.8 Å². The van der Waals surface area contributed by atoms with Gasteiger partial charge in [0.1, 0.15) is 0 Å². The lowest BCUT2D eigenvalue weighted by Gasteiger charge is -2.20. The van der Waals surface area contributed by atoms with E-state index in [2.05, 4.69) is 5.32 Å². The van der Waals surface area contributed by atoms with E-state index in [9.17, 15) is 9.59 Å². The van der Waals surface area contributed by atoms with E-state index in [1.807, 2.05) is 17.0 Å². The lowest BCUT2D eigenvalue weighted by atomic mass is 10.0. The molecule has 2 aliphatic rings. The quantitative estimate of drug-likeness (QED) is 0.847. The molecule has 1 heterocycles. The Kier molecular flexibility index (Phi) is 5.43. The van der Waals surface area contributed by atoms with E-state index in [-0.39, 0.29) is 11.8 Å². The largest absolute Gasteiger partial charge is 0.493 e. The summed E-state index contributed by atoms with van der Waals surface area (Å²) < 4.78 is 10.8. The van der Waals surface area contributed by atoms with Gasteiger partial charge in [0.25, 0.3) is 11.8 Å². The molecular formula is C23H26N2O4. The van der Waals surface area contributed by atoms with Crippen LogP contribution in [-0.2, 0) is 12.8 Å². The molecule has 1 saturated carbocycles. The second-order valence-corrected chi connectivity index (χ2v) is 7.60. The highest BCUT2D eigenvalue weighted by Crippen LogP contribution is 2.32. The summed E-state index contributed by atoms with van der Waals surface area (Å²) in [5.74, 6) is 1.27. The summed E-state index contributed by atoms with van der Waals surface area (Å²) >= 11 is 0. The zero-order valence-electron chi connectivity index (χ0n) is 16.9. The Labute approximate surface area is 170 Å². The molecular weight excluding hydrogens is 368 g/mol. The first-order valence-corrected chi connectivity index (χ1v) is 10.0. The van der Waals surface area contributed by atoms with Crippen molar-refractivity contribution in [3.63, 3.8) is 0 Å². The minimum Gasteiger partial charge on any atom is -0.493 e. The van der Waals surface area contributed by atoms with Crippen LogP contribution >= 0.6 is 0 Å². The molecule has 2 aromatic carbocycles. The number of amides is 2. The van der Waals surface area contributed by atoms with Crippen molar-refractivity contribution < 1.29 is 19.1 Å². The van der Waals surface area contributed by atoms with Gasteiger partial charge in [-0.1, -0.05) is 6.07 Å². The summed E-state index contributed by atoms with van der Waals surface area (Å²) in [6, 6.07) is 11.3. The van der Waals surface area contributed by atoms with Gasteiger partial charge in [0.05, 0.1) is 14.2 Å². The number of hydrogen-bond donors (Lipinski definition) is 1. The molecule has 1 aliphatic heterocycles. The molecule has 0 aromatic heterocycles. The van der Waals surface area contributed by atoms with Gasteiger partial charge in [-0.2, -0.15) is 0 Å². The summed E-state index contributed by atoms with van der Waals surface area (Å²) in [7, 11) is 3.26. The van der Waals surface area contributed by atoms with Crippen molar-refractivity contribution >= 4 is 11.8 Å². The normalized spacial score (nSPS) is 15.9. The number of rotatable bonds is 5. The molecule has 152 valence electrons. The Balaban J connectivity index is 1.49. The van der Waals surface area contributed by atoms with Crippen molar-refractivity contribution in [2.24, 2.45) is 0 Å². The molecule has 4 rings (SSSR count). The second-order valence-electron chi connectivity index (χ2n) is 7.60. The topological polar surface area (TPSA) is 67.9 Å². The van der Waals surface area contributed by atoms with Crippen molar-refractivity contribution in [1.82, 2.24) is 10.2 Å². The molecule has 0 bridgehead atoms. The zero-order chi connectivity index (χ0) is 20.4. The lowest BCUT2D eigenvalue weighted by molar-refractivity contribution is 0.0763. The molecule has 2 amide bonds. The summed E-state index contributed by atoms with van der Waals surface area (Å²) in [6.45, 7) is 1.25. The SMILES string of the molecule is COc1cc2c(cc1OC)CCN(C(=O)c1cccc(C(=O)NC3CC3)c1)CC2. The molecule has 1 aliphatic carbocycles. The molecule has 0 unspecified atom stereocenters. The average Bonchev–Trinajstić information content (AvgIpc) is 3.58. The Morgan fingerprint density at radius 2 is 1.52 bits per heavy atom. The number of nitrogens with zero attached hydrogens (tertiary/aromatic N) is 1. The van der Waals surface area contributed by atoms with E-state index in [4.69, 9.17) is 9.47 Å².